The molecular weight excluding hydrogens is 288 g/mol. The van der Waals surface area contributed by atoms with Gasteiger partial charge in [0.15, 0.2) is 11.5 Å². The smallest absolute Gasteiger partial charge is 0.194 e. The molecule has 1 aromatic carbocycles. The van der Waals surface area contributed by atoms with Gasteiger partial charge in [0.2, 0.25) is 0 Å². The van der Waals surface area contributed by atoms with Gasteiger partial charge in [-0.15, -0.1) is 0 Å². The van der Waals surface area contributed by atoms with Gasteiger partial charge in [0, 0.05) is 13.3 Å². The maximum atomic E-state index is 11.4. The predicted octanol–water partition coefficient (Wildman–Crippen LogP) is 4.88. The maximum Gasteiger partial charge on any atom is 0.194 e. The van der Waals surface area contributed by atoms with Crippen LogP contribution in [-0.4, -0.2) is 5.78 Å². The Morgan fingerprint density at radius 2 is 1.65 bits per heavy atom. The van der Waals surface area contributed by atoms with Crippen molar-refractivity contribution < 1.29 is 13.9 Å². The van der Waals surface area contributed by atoms with E-state index in [9.17, 15) is 4.79 Å². The molecule has 1 aliphatic rings. The van der Waals surface area contributed by atoms with Crippen LogP contribution in [0, 0.1) is 6.92 Å². The van der Waals surface area contributed by atoms with Crippen LogP contribution in [-0.2, 0) is 22.4 Å². The van der Waals surface area contributed by atoms with Gasteiger partial charge in [0.05, 0.1) is 11.2 Å². The third-order valence-electron chi connectivity index (χ3n) is 4.66. The largest absolute Gasteiger partial charge is 0.458 e. The molecule has 0 bridgehead atoms. The minimum atomic E-state index is -0.297. The van der Waals surface area contributed by atoms with E-state index in [2.05, 4.69) is 46.8 Å². The Labute approximate surface area is 137 Å². The van der Waals surface area contributed by atoms with E-state index < -0.39 is 0 Å². The van der Waals surface area contributed by atoms with Crippen LogP contribution >= 0.6 is 0 Å². The molecule has 0 atom stereocenters. The van der Waals surface area contributed by atoms with E-state index in [1.54, 1.807) is 6.07 Å². The zero-order valence-electron chi connectivity index (χ0n) is 14.7. The summed E-state index contributed by atoms with van der Waals surface area (Å²) in [6.45, 7) is 12.1. The highest BCUT2D eigenvalue weighted by molar-refractivity contribution is 5.91. The van der Waals surface area contributed by atoms with Gasteiger partial charge in [0.1, 0.15) is 5.76 Å². The molecule has 23 heavy (non-hydrogen) atoms. The van der Waals surface area contributed by atoms with E-state index in [0.29, 0.717) is 12.2 Å². The summed E-state index contributed by atoms with van der Waals surface area (Å²) in [4.78, 5) is 11.4. The lowest BCUT2D eigenvalue weighted by Gasteiger charge is -2.24. The first-order valence-electron chi connectivity index (χ1n) is 8.04. The van der Waals surface area contributed by atoms with Crippen molar-refractivity contribution in [2.45, 2.75) is 59.2 Å². The molecule has 1 aromatic heterocycles. The maximum absolute atomic E-state index is 11.4. The van der Waals surface area contributed by atoms with Crippen molar-refractivity contribution in [3.8, 4) is 0 Å². The Kier molecular flexibility index (Phi) is 3.53. The van der Waals surface area contributed by atoms with E-state index in [0.717, 1.165) is 5.76 Å². The molecule has 3 rings (SSSR count). The molecular formula is C20H24O3. The van der Waals surface area contributed by atoms with Crippen LogP contribution in [0.2, 0.25) is 0 Å². The first-order chi connectivity index (χ1) is 10.6. The van der Waals surface area contributed by atoms with Crippen molar-refractivity contribution in [1.29, 1.82) is 0 Å². The lowest BCUT2D eigenvalue weighted by atomic mass is 9.86. The molecule has 3 heteroatoms. The lowest BCUT2D eigenvalue weighted by molar-refractivity contribution is -0.105. The number of carbonyl (C=O) groups is 1. The fourth-order valence-electron chi connectivity index (χ4n) is 3.54. The summed E-state index contributed by atoms with van der Waals surface area (Å²) in [5, 5.41) is 0. The summed E-state index contributed by atoms with van der Waals surface area (Å²) < 4.78 is 11.9. The summed E-state index contributed by atoms with van der Waals surface area (Å²) in [6.07, 6.45) is 0.683. The lowest BCUT2D eigenvalue weighted by Crippen LogP contribution is -2.22. The molecule has 0 amide bonds. The third-order valence-corrected chi connectivity index (χ3v) is 4.66. The number of fused-ring (bicyclic) bond motifs is 1. The topological polar surface area (TPSA) is 39.4 Å². The second kappa shape index (κ2) is 5.07. The number of ether oxygens (including phenoxy) is 1. The van der Waals surface area contributed by atoms with Crippen LogP contribution in [0.4, 0.5) is 0 Å². The molecule has 122 valence electrons. The number of hydrogen-bond donors (Lipinski definition) is 0. The van der Waals surface area contributed by atoms with Gasteiger partial charge >= 0.3 is 0 Å². The normalized spacial score (nSPS) is 18.0. The molecule has 0 fully saturated rings. The molecule has 0 aliphatic carbocycles. The number of aryl methyl sites for hydroxylation is 1. The Bertz CT molecular complexity index is 778. The highest BCUT2D eigenvalue weighted by Gasteiger charge is 2.43. The van der Waals surface area contributed by atoms with Gasteiger partial charge in [-0.3, -0.25) is 4.79 Å². The molecule has 0 unspecified atom stereocenters. The molecule has 2 aromatic rings. The number of furan rings is 1. The second-order valence-corrected chi connectivity index (χ2v) is 7.45. The Morgan fingerprint density at radius 1 is 1.04 bits per heavy atom. The Hall–Kier alpha value is -1.87. The van der Waals surface area contributed by atoms with Crippen molar-refractivity contribution >= 4 is 5.78 Å². The first kappa shape index (κ1) is 16.0. The van der Waals surface area contributed by atoms with E-state index >= 15 is 0 Å². The van der Waals surface area contributed by atoms with E-state index in [-0.39, 0.29) is 17.0 Å². The summed E-state index contributed by atoms with van der Waals surface area (Å²) in [5.74, 6) is 1.19. The van der Waals surface area contributed by atoms with E-state index in [4.69, 9.17) is 9.15 Å². The molecule has 0 spiro atoms. The van der Waals surface area contributed by atoms with Crippen LogP contribution in [0.1, 0.15) is 73.2 Å². The number of hydrogen-bond acceptors (Lipinski definition) is 3. The van der Waals surface area contributed by atoms with Gasteiger partial charge in [0.25, 0.3) is 0 Å². The summed E-state index contributed by atoms with van der Waals surface area (Å²) in [7, 11) is 0. The predicted molar refractivity (Wildman–Crippen MR) is 89.8 cm³/mol. The van der Waals surface area contributed by atoms with Crippen molar-refractivity contribution in [2.24, 2.45) is 0 Å². The van der Waals surface area contributed by atoms with Crippen LogP contribution in [0.5, 0.6) is 0 Å². The van der Waals surface area contributed by atoms with Crippen molar-refractivity contribution in [2.75, 3.05) is 0 Å². The molecule has 3 nitrogen and oxygen atoms in total. The molecule has 2 heterocycles. The Balaban J connectivity index is 2.00. The minimum absolute atomic E-state index is 0.0433. The zero-order valence-corrected chi connectivity index (χ0v) is 14.7. The van der Waals surface area contributed by atoms with Crippen LogP contribution in [0.3, 0.4) is 0 Å². The standard InChI is InChI=1S/C20H24O3/c1-12-9-16-17(20(5,6)23-19(16,3)4)11-14(12)10-15-7-8-18(22-15)13(2)21/h7-9,11H,10H2,1-6H3. The number of rotatable bonds is 3. The second-order valence-electron chi connectivity index (χ2n) is 7.45. The van der Waals surface area contributed by atoms with Gasteiger partial charge in [-0.1, -0.05) is 12.1 Å². The summed E-state index contributed by atoms with van der Waals surface area (Å²) >= 11 is 0. The summed E-state index contributed by atoms with van der Waals surface area (Å²) in [5.41, 5.74) is 4.36. The van der Waals surface area contributed by atoms with Gasteiger partial charge in [-0.2, -0.15) is 0 Å². The van der Waals surface area contributed by atoms with Crippen LogP contribution in [0.25, 0.3) is 0 Å². The molecule has 0 N–H and O–H groups in total. The van der Waals surface area contributed by atoms with Gasteiger partial charge in [-0.05, 0) is 69.0 Å². The quantitative estimate of drug-likeness (QED) is 0.758. The van der Waals surface area contributed by atoms with Crippen LogP contribution < -0.4 is 0 Å². The molecule has 0 saturated carbocycles. The number of benzene rings is 1. The van der Waals surface area contributed by atoms with Crippen molar-refractivity contribution in [3.05, 3.63) is 58.0 Å². The fourth-order valence-corrected chi connectivity index (χ4v) is 3.54. The third kappa shape index (κ3) is 2.74. The average Bonchev–Trinajstić information content (AvgIpc) is 2.93. The monoisotopic (exact) mass is 312 g/mol. The molecule has 0 radical (unpaired) electrons. The SMILES string of the molecule is CC(=O)c1ccc(Cc2cc3c(cc2C)C(C)(C)OC3(C)C)o1. The zero-order chi connectivity index (χ0) is 17.0. The van der Waals surface area contributed by atoms with Crippen LogP contribution in [0.15, 0.2) is 28.7 Å². The molecule has 1 aliphatic heterocycles. The number of carbonyl (C=O) groups excluding carboxylic acids is 1. The van der Waals surface area contributed by atoms with Gasteiger partial charge < -0.3 is 9.15 Å². The van der Waals surface area contributed by atoms with Crippen molar-refractivity contribution in [3.63, 3.8) is 0 Å². The van der Waals surface area contributed by atoms with Crippen molar-refractivity contribution in [1.82, 2.24) is 0 Å². The minimum Gasteiger partial charge on any atom is -0.458 e. The molecule has 0 saturated heterocycles. The van der Waals surface area contributed by atoms with Gasteiger partial charge in [-0.25, -0.2) is 0 Å². The number of Topliss-reactive ketones (excluding diaryl/α,β-unsaturated/α-hetero) is 1. The summed E-state index contributed by atoms with van der Waals surface area (Å²) in [6, 6.07) is 8.09. The van der Waals surface area contributed by atoms with E-state index in [1.165, 1.54) is 29.2 Å². The average molecular weight is 312 g/mol. The highest BCUT2D eigenvalue weighted by atomic mass is 16.5. The highest BCUT2D eigenvalue weighted by Crippen LogP contribution is 2.47. The number of ketones is 1. The first-order valence-corrected chi connectivity index (χ1v) is 8.04. The Morgan fingerprint density at radius 3 is 2.22 bits per heavy atom. The van der Waals surface area contributed by atoms with E-state index in [1.807, 2.05) is 6.07 Å². The fraction of sp³-hybridized carbons (Fsp3) is 0.450.